The fourth-order valence-corrected chi connectivity index (χ4v) is 1.68. The summed E-state index contributed by atoms with van der Waals surface area (Å²) in [6.07, 6.45) is 0. The van der Waals surface area contributed by atoms with Crippen LogP contribution in [0.3, 0.4) is 0 Å². The quantitative estimate of drug-likeness (QED) is 0.766. The monoisotopic (exact) mass is 253 g/mol. The number of benzene rings is 1. The third-order valence-corrected chi connectivity index (χ3v) is 2.97. The minimum Gasteiger partial charge on any atom is -0.326 e. The van der Waals surface area contributed by atoms with E-state index < -0.39 is 0 Å². The maximum atomic E-state index is 5.81. The molecule has 0 aliphatic carbocycles. The molecule has 1 aromatic rings. The first kappa shape index (κ1) is 9.33. The minimum absolute atomic E-state index is 0.431. The molecule has 0 aliphatic heterocycles. The Morgan fingerprint density at radius 3 is 2.55 bits per heavy atom. The highest BCUT2D eigenvalue weighted by atomic mass is 79.9. The molecule has 0 saturated heterocycles. The van der Waals surface area contributed by atoms with Crippen molar-refractivity contribution < 1.29 is 0 Å². The molecule has 0 heterocycles. The maximum absolute atomic E-state index is 5.81. The van der Waals surface area contributed by atoms with Gasteiger partial charge in [0.1, 0.15) is 0 Å². The van der Waals surface area contributed by atoms with E-state index >= 15 is 0 Å². The van der Waals surface area contributed by atoms with Crippen LogP contribution < -0.4 is 5.73 Å². The summed E-state index contributed by atoms with van der Waals surface area (Å²) >= 11 is 14.9. The summed E-state index contributed by atoms with van der Waals surface area (Å²) in [5, 5.41) is 1.21. The van der Waals surface area contributed by atoms with Gasteiger partial charge in [-0.1, -0.05) is 23.2 Å². The maximum Gasteiger partial charge on any atom is 0.0566 e. The predicted octanol–water partition coefficient (Wildman–Crippen LogP) is 3.21. The van der Waals surface area contributed by atoms with Crippen molar-refractivity contribution in [2.24, 2.45) is 5.73 Å². The highest BCUT2D eigenvalue weighted by molar-refractivity contribution is 9.10. The topological polar surface area (TPSA) is 26.0 Å². The summed E-state index contributed by atoms with van der Waals surface area (Å²) in [6, 6.07) is 3.46. The van der Waals surface area contributed by atoms with E-state index in [1.807, 2.05) is 0 Å². The van der Waals surface area contributed by atoms with Gasteiger partial charge in [0.2, 0.25) is 0 Å². The molecule has 1 rings (SSSR count). The molecule has 4 heteroatoms. The summed E-state index contributed by atoms with van der Waals surface area (Å²) in [4.78, 5) is 0. The summed E-state index contributed by atoms with van der Waals surface area (Å²) in [7, 11) is 0. The van der Waals surface area contributed by atoms with E-state index in [0.29, 0.717) is 16.6 Å². The van der Waals surface area contributed by atoms with Gasteiger partial charge in [0, 0.05) is 16.0 Å². The first-order chi connectivity index (χ1) is 5.15. The number of hydrogen-bond donors (Lipinski definition) is 1. The number of hydrogen-bond acceptors (Lipinski definition) is 1. The summed E-state index contributed by atoms with van der Waals surface area (Å²) in [6.45, 7) is 0.431. The van der Waals surface area contributed by atoms with Gasteiger partial charge in [0.15, 0.2) is 0 Å². The van der Waals surface area contributed by atoms with Crippen molar-refractivity contribution in [3.8, 4) is 0 Å². The second-order valence-corrected chi connectivity index (χ2v) is 3.70. The molecule has 0 radical (unpaired) electrons. The Morgan fingerprint density at radius 2 is 2.00 bits per heavy atom. The molecule has 0 unspecified atom stereocenters. The van der Waals surface area contributed by atoms with Crippen molar-refractivity contribution in [1.29, 1.82) is 0 Å². The molecule has 11 heavy (non-hydrogen) atoms. The molecule has 1 nitrogen and oxygen atoms in total. The van der Waals surface area contributed by atoms with Crippen molar-refractivity contribution in [2.45, 2.75) is 6.54 Å². The fraction of sp³-hybridized carbons (Fsp3) is 0.143. The van der Waals surface area contributed by atoms with Crippen LogP contribution in [0, 0.1) is 0 Å². The van der Waals surface area contributed by atoms with Crippen molar-refractivity contribution in [2.75, 3.05) is 0 Å². The van der Waals surface area contributed by atoms with Gasteiger partial charge in [-0.15, -0.1) is 0 Å². The zero-order valence-corrected chi connectivity index (χ0v) is 8.67. The molecule has 0 spiro atoms. The van der Waals surface area contributed by atoms with Gasteiger partial charge in [0.25, 0.3) is 0 Å². The highest BCUT2D eigenvalue weighted by Gasteiger charge is 2.03. The SMILES string of the molecule is NCc1cc(Cl)cc(Cl)c1Br. The molecule has 0 amide bonds. The molecule has 0 fully saturated rings. The fourth-order valence-electron chi connectivity index (χ4n) is 0.758. The van der Waals surface area contributed by atoms with Crippen molar-refractivity contribution in [3.05, 3.63) is 32.2 Å². The average Bonchev–Trinajstić information content (AvgIpc) is 1.96. The van der Waals surface area contributed by atoms with E-state index in [1.165, 1.54) is 0 Å². The highest BCUT2D eigenvalue weighted by Crippen LogP contribution is 2.29. The minimum atomic E-state index is 0.431. The third-order valence-electron chi connectivity index (χ3n) is 1.29. The Balaban J connectivity index is 3.24. The van der Waals surface area contributed by atoms with Gasteiger partial charge in [0.05, 0.1) is 5.02 Å². The van der Waals surface area contributed by atoms with Crippen LogP contribution in [0.1, 0.15) is 5.56 Å². The van der Waals surface area contributed by atoms with Crippen molar-refractivity contribution in [3.63, 3.8) is 0 Å². The molecule has 0 aromatic heterocycles. The second kappa shape index (κ2) is 3.76. The Kier molecular flexibility index (Phi) is 3.19. The predicted molar refractivity (Wildman–Crippen MR) is 52.1 cm³/mol. The molecule has 0 aliphatic rings. The van der Waals surface area contributed by atoms with Crippen LogP contribution >= 0.6 is 39.1 Å². The number of halogens is 3. The first-order valence-corrected chi connectivity index (χ1v) is 4.53. The lowest BCUT2D eigenvalue weighted by molar-refractivity contribution is 1.06. The molecule has 2 N–H and O–H groups in total. The molecule has 0 bridgehead atoms. The Hall–Kier alpha value is 0.240. The summed E-state index contributed by atoms with van der Waals surface area (Å²) in [5.74, 6) is 0. The van der Waals surface area contributed by atoms with Gasteiger partial charge in [-0.25, -0.2) is 0 Å². The largest absolute Gasteiger partial charge is 0.326 e. The van der Waals surface area contributed by atoms with E-state index in [9.17, 15) is 0 Å². The Morgan fingerprint density at radius 1 is 1.36 bits per heavy atom. The lowest BCUT2D eigenvalue weighted by atomic mass is 10.2. The summed E-state index contributed by atoms with van der Waals surface area (Å²) < 4.78 is 0.825. The van der Waals surface area contributed by atoms with Crippen molar-refractivity contribution in [1.82, 2.24) is 0 Å². The zero-order valence-electron chi connectivity index (χ0n) is 5.57. The molecule has 0 atom stereocenters. The molecule has 60 valence electrons. The van der Waals surface area contributed by atoms with E-state index in [1.54, 1.807) is 12.1 Å². The molecular formula is C7H6BrCl2N. The third kappa shape index (κ3) is 2.09. The Bertz CT molecular complexity index is 275. The van der Waals surface area contributed by atoms with E-state index in [4.69, 9.17) is 28.9 Å². The normalized spacial score (nSPS) is 10.2. The van der Waals surface area contributed by atoms with Crippen molar-refractivity contribution >= 4 is 39.1 Å². The first-order valence-electron chi connectivity index (χ1n) is 2.98. The van der Waals surface area contributed by atoms with Crippen LogP contribution in [0.25, 0.3) is 0 Å². The van der Waals surface area contributed by atoms with Gasteiger partial charge >= 0.3 is 0 Å². The van der Waals surface area contributed by atoms with Crippen LogP contribution in [0.4, 0.5) is 0 Å². The lowest BCUT2D eigenvalue weighted by Crippen LogP contribution is -1.97. The van der Waals surface area contributed by atoms with Gasteiger partial charge in [-0.05, 0) is 33.6 Å². The summed E-state index contributed by atoms with van der Waals surface area (Å²) in [5.41, 5.74) is 6.36. The van der Waals surface area contributed by atoms with Crippen LogP contribution in [0.2, 0.25) is 10.0 Å². The van der Waals surface area contributed by atoms with Gasteiger partial charge in [-0.2, -0.15) is 0 Å². The molecule has 0 saturated carbocycles. The van der Waals surface area contributed by atoms with Crippen LogP contribution in [-0.4, -0.2) is 0 Å². The van der Waals surface area contributed by atoms with E-state index in [-0.39, 0.29) is 0 Å². The van der Waals surface area contributed by atoms with Crippen LogP contribution in [0.5, 0.6) is 0 Å². The second-order valence-electron chi connectivity index (χ2n) is 2.06. The standard InChI is InChI=1S/C7H6BrCl2N/c8-7-4(3-11)1-5(9)2-6(7)10/h1-2H,3,11H2. The van der Waals surface area contributed by atoms with E-state index in [0.717, 1.165) is 10.0 Å². The number of rotatable bonds is 1. The Labute approximate surface area is 83.6 Å². The van der Waals surface area contributed by atoms with Crippen LogP contribution in [0.15, 0.2) is 16.6 Å². The van der Waals surface area contributed by atoms with Gasteiger partial charge < -0.3 is 5.73 Å². The lowest BCUT2D eigenvalue weighted by Gasteiger charge is -2.03. The zero-order chi connectivity index (χ0) is 8.43. The molecule has 1 aromatic carbocycles. The average molecular weight is 255 g/mol. The van der Waals surface area contributed by atoms with Gasteiger partial charge in [-0.3, -0.25) is 0 Å². The smallest absolute Gasteiger partial charge is 0.0566 e. The molecular weight excluding hydrogens is 249 g/mol. The number of nitrogens with two attached hydrogens (primary N) is 1. The van der Waals surface area contributed by atoms with Crippen LogP contribution in [-0.2, 0) is 6.54 Å². The van der Waals surface area contributed by atoms with E-state index in [2.05, 4.69) is 15.9 Å².